The van der Waals surface area contributed by atoms with Crippen LogP contribution in [0.15, 0.2) is 6.33 Å². The molecule has 82 valence electrons. The number of rotatable bonds is 3. The minimum atomic E-state index is -0.216. The molecule has 0 bridgehead atoms. The standard InChI is InChI=1S/C9H14N4O2/c1-6-7(2-3-15-6)4-10-9(14)8-11-5-12-13-8/h5-7H,2-4H2,1H3,(H,10,14)(H,11,12,13). The number of aromatic nitrogens is 3. The molecule has 15 heavy (non-hydrogen) atoms. The molecule has 2 heterocycles. The fraction of sp³-hybridized carbons (Fsp3) is 0.667. The average Bonchev–Trinajstić information content (AvgIpc) is 2.85. The Kier molecular flexibility index (Phi) is 2.96. The molecule has 0 aliphatic carbocycles. The van der Waals surface area contributed by atoms with E-state index in [1.807, 2.05) is 6.92 Å². The third kappa shape index (κ3) is 2.33. The van der Waals surface area contributed by atoms with Gasteiger partial charge >= 0.3 is 0 Å². The molecule has 6 nitrogen and oxygen atoms in total. The number of nitrogens with zero attached hydrogens (tertiary/aromatic N) is 2. The predicted octanol–water partition coefficient (Wildman–Crippen LogP) is -0.0405. The molecule has 1 aliphatic rings. The monoisotopic (exact) mass is 210 g/mol. The Morgan fingerprint density at radius 3 is 3.27 bits per heavy atom. The summed E-state index contributed by atoms with van der Waals surface area (Å²) in [7, 11) is 0. The van der Waals surface area contributed by atoms with Gasteiger partial charge in [-0.3, -0.25) is 9.89 Å². The molecule has 1 amide bonds. The molecule has 0 saturated carbocycles. The van der Waals surface area contributed by atoms with Gasteiger partial charge in [0.25, 0.3) is 5.91 Å². The van der Waals surface area contributed by atoms with Crippen molar-refractivity contribution in [3.63, 3.8) is 0 Å². The van der Waals surface area contributed by atoms with Crippen molar-refractivity contribution in [3.8, 4) is 0 Å². The van der Waals surface area contributed by atoms with Crippen molar-refractivity contribution in [2.45, 2.75) is 19.4 Å². The molecule has 1 fully saturated rings. The van der Waals surface area contributed by atoms with Crippen LogP contribution in [0.3, 0.4) is 0 Å². The number of carbonyl (C=O) groups is 1. The zero-order chi connectivity index (χ0) is 10.7. The number of amides is 1. The van der Waals surface area contributed by atoms with E-state index in [2.05, 4.69) is 20.5 Å². The lowest BCUT2D eigenvalue weighted by molar-refractivity contribution is 0.0899. The Morgan fingerprint density at radius 2 is 2.67 bits per heavy atom. The van der Waals surface area contributed by atoms with Crippen LogP contribution < -0.4 is 5.32 Å². The summed E-state index contributed by atoms with van der Waals surface area (Å²) in [5.41, 5.74) is 0. The van der Waals surface area contributed by atoms with Crippen molar-refractivity contribution in [2.75, 3.05) is 13.2 Å². The van der Waals surface area contributed by atoms with E-state index < -0.39 is 0 Å². The Hall–Kier alpha value is -1.43. The Labute approximate surface area is 87.4 Å². The molecule has 0 spiro atoms. The summed E-state index contributed by atoms with van der Waals surface area (Å²) < 4.78 is 5.40. The van der Waals surface area contributed by atoms with Gasteiger partial charge in [-0.1, -0.05) is 0 Å². The predicted molar refractivity (Wildman–Crippen MR) is 52.2 cm³/mol. The number of hydrogen-bond donors (Lipinski definition) is 2. The number of H-pyrrole nitrogens is 1. The third-order valence-corrected chi connectivity index (χ3v) is 2.69. The molecular formula is C9H14N4O2. The van der Waals surface area contributed by atoms with Crippen LogP contribution in [0.5, 0.6) is 0 Å². The zero-order valence-electron chi connectivity index (χ0n) is 8.56. The minimum absolute atomic E-state index is 0.216. The Bertz CT molecular complexity index is 325. The van der Waals surface area contributed by atoms with Gasteiger partial charge in [0, 0.05) is 19.1 Å². The van der Waals surface area contributed by atoms with Gasteiger partial charge in [-0.15, -0.1) is 0 Å². The molecular weight excluding hydrogens is 196 g/mol. The first kappa shape index (κ1) is 10.1. The smallest absolute Gasteiger partial charge is 0.288 e. The van der Waals surface area contributed by atoms with Crippen LogP contribution in [-0.2, 0) is 4.74 Å². The lowest BCUT2D eigenvalue weighted by Crippen LogP contribution is -2.32. The van der Waals surface area contributed by atoms with E-state index in [4.69, 9.17) is 4.74 Å². The summed E-state index contributed by atoms with van der Waals surface area (Å²) >= 11 is 0. The van der Waals surface area contributed by atoms with Crippen LogP contribution in [0.2, 0.25) is 0 Å². The van der Waals surface area contributed by atoms with Crippen molar-refractivity contribution in [3.05, 3.63) is 12.2 Å². The van der Waals surface area contributed by atoms with Crippen LogP contribution in [0.1, 0.15) is 24.0 Å². The maximum atomic E-state index is 11.5. The van der Waals surface area contributed by atoms with Crippen molar-refractivity contribution < 1.29 is 9.53 Å². The van der Waals surface area contributed by atoms with Gasteiger partial charge in [0.1, 0.15) is 6.33 Å². The van der Waals surface area contributed by atoms with Crippen molar-refractivity contribution in [1.29, 1.82) is 0 Å². The number of carbonyl (C=O) groups excluding carboxylic acids is 1. The van der Waals surface area contributed by atoms with Gasteiger partial charge in [0.2, 0.25) is 5.82 Å². The van der Waals surface area contributed by atoms with E-state index in [1.54, 1.807) is 0 Å². The first-order valence-electron chi connectivity index (χ1n) is 5.02. The molecule has 0 radical (unpaired) electrons. The molecule has 1 aliphatic heterocycles. The average molecular weight is 210 g/mol. The lowest BCUT2D eigenvalue weighted by atomic mass is 10.0. The van der Waals surface area contributed by atoms with Gasteiger partial charge in [-0.05, 0) is 13.3 Å². The van der Waals surface area contributed by atoms with E-state index in [-0.39, 0.29) is 17.8 Å². The fourth-order valence-electron chi connectivity index (χ4n) is 1.67. The summed E-state index contributed by atoms with van der Waals surface area (Å²) in [6.45, 7) is 3.43. The fourth-order valence-corrected chi connectivity index (χ4v) is 1.67. The van der Waals surface area contributed by atoms with Gasteiger partial charge in [0.05, 0.1) is 6.10 Å². The molecule has 2 N–H and O–H groups in total. The molecule has 1 aromatic rings. The molecule has 2 unspecified atom stereocenters. The third-order valence-electron chi connectivity index (χ3n) is 2.69. The highest BCUT2D eigenvalue weighted by Crippen LogP contribution is 2.19. The molecule has 2 atom stereocenters. The summed E-state index contributed by atoms with van der Waals surface area (Å²) in [5.74, 6) is 0.435. The maximum Gasteiger partial charge on any atom is 0.288 e. The first-order chi connectivity index (χ1) is 7.27. The topological polar surface area (TPSA) is 79.9 Å². The van der Waals surface area contributed by atoms with Gasteiger partial charge < -0.3 is 10.1 Å². The lowest BCUT2D eigenvalue weighted by Gasteiger charge is -2.13. The van der Waals surface area contributed by atoms with Crippen LogP contribution >= 0.6 is 0 Å². The van der Waals surface area contributed by atoms with Gasteiger partial charge in [-0.25, -0.2) is 4.98 Å². The number of aromatic amines is 1. The zero-order valence-corrected chi connectivity index (χ0v) is 8.56. The maximum absolute atomic E-state index is 11.5. The van der Waals surface area contributed by atoms with E-state index in [1.165, 1.54) is 6.33 Å². The molecule has 1 saturated heterocycles. The highest BCUT2D eigenvalue weighted by Gasteiger charge is 2.24. The van der Waals surface area contributed by atoms with Crippen molar-refractivity contribution in [1.82, 2.24) is 20.5 Å². The summed E-state index contributed by atoms with van der Waals surface area (Å²) in [4.78, 5) is 15.3. The molecule has 0 aromatic carbocycles. The number of nitrogens with one attached hydrogen (secondary N) is 2. The largest absolute Gasteiger partial charge is 0.378 e. The summed E-state index contributed by atoms with van der Waals surface area (Å²) in [6.07, 6.45) is 2.54. The van der Waals surface area contributed by atoms with Gasteiger partial charge in [-0.2, -0.15) is 5.10 Å². The van der Waals surface area contributed by atoms with E-state index >= 15 is 0 Å². The molecule has 6 heteroatoms. The molecule has 2 rings (SSSR count). The number of hydrogen-bond acceptors (Lipinski definition) is 4. The second-order valence-electron chi connectivity index (χ2n) is 3.67. The Balaban J connectivity index is 1.81. The summed E-state index contributed by atoms with van der Waals surface area (Å²) in [6, 6.07) is 0. The Morgan fingerprint density at radius 1 is 1.80 bits per heavy atom. The number of ether oxygens (including phenoxy) is 1. The normalized spacial score (nSPS) is 25.4. The van der Waals surface area contributed by atoms with Crippen LogP contribution in [-0.4, -0.2) is 40.3 Å². The highest BCUT2D eigenvalue weighted by atomic mass is 16.5. The minimum Gasteiger partial charge on any atom is -0.378 e. The van der Waals surface area contributed by atoms with E-state index in [0.717, 1.165) is 13.0 Å². The molecule has 1 aromatic heterocycles. The van der Waals surface area contributed by atoms with Crippen molar-refractivity contribution >= 4 is 5.91 Å². The quantitative estimate of drug-likeness (QED) is 0.733. The summed E-state index contributed by atoms with van der Waals surface area (Å²) in [5, 5.41) is 8.94. The van der Waals surface area contributed by atoms with Gasteiger partial charge in [0.15, 0.2) is 0 Å². The van der Waals surface area contributed by atoms with Crippen LogP contribution in [0.4, 0.5) is 0 Å². The van der Waals surface area contributed by atoms with E-state index in [0.29, 0.717) is 12.5 Å². The van der Waals surface area contributed by atoms with E-state index in [9.17, 15) is 4.79 Å². The second kappa shape index (κ2) is 4.39. The second-order valence-corrected chi connectivity index (χ2v) is 3.67. The first-order valence-corrected chi connectivity index (χ1v) is 5.02. The van der Waals surface area contributed by atoms with Crippen LogP contribution in [0, 0.1) is 5.92 Å². The van der Waals surface area contributed by atoms with Crippen molar-refractivity contribution in [2.24, 2.45) is 5.92 Å². The SMILES string of the molecule is CC1OCCC1CNC(=O)c1ncn[nH]1. The van der Waals surface area contributed by atoms with Crippen LogP contribution in [0.25, 0.3) is 0 Å². The highest BCUT2D eigenvalue weighted by molar-refractivity contribution is 5.90.